The molecule has 0 radical (unpaired) electrons. The summed E-state index contributed by atoms with van der Waals surface area (Å²) in [7, 11) is 0. The van der Waals surface area contributed by atoms with Crippen molar-refractivity contribution in [3.63, 3.8) is 0 Å². The van der Waals surface area contributed by atoms with E-state index in [9.17, 15) is 4.79 Å². The minimum Gasteiger partial charge on any atom is -0.381 e. The van der Waals surface area contributed by atoms with Crippen LogP contribution in [0.25, 0.3) is 0 Å². The Kier molecular flexibility index (Phi) is 2.65. The van der Waals surface area contributed by atoms with Crippen LogP contribution in [0.2, 0.25) is 0 Å². The molecular formula is C12H20O2. The van der Waals surface area contributed by atoms with E-state index in [4.69, 9.17) is 4.74 Å². The van der Waals surface area contributed by atoms with Crippen LogP contribution in [0.3, 0.4) is 0 Å². The third kappa shape index (κ3) is 2.17. The predicted molar refractivity (Wildman–Crippen MR) is 55.1 cm³/mol. The van der Waals surface area contributed by atoms with Crippen LogP contribution >= 0.6 is 0 Å². The van der Waals surface area contributed by atoms with Gasteiger partial charge in [0.2, 0.25) is 0 Å². The number of hydrogen-bond acceptors (Lipinski definition) is 2. The van der Waals surface area contributed by atoms with Crippen LogP contribution in [0, 0.1) is 17.3 Å². The van der Waals surface area contributed by atoms with E-state index in [0.717, 1.165) is 38.9 Å². The van der Waals surface area contributed by atoms with Gasteiger partial charge in [0.1, 0.15) is 5.78 Å². The molecule has 2 nitrogen and oxygen atoms in total. The van der Waals surface area contributed by atoms with Crippen molar-refractivity contribution >= 4 is 5.78 Å². The number of Topliss-reactive ketones (excluding diaryl/α,β-unsaturated/α-hetero) is 1. The van der Waals surface area contributed by atoms with E-state index < -0.39 is 0 Å². The highest BCUT2D eigenvalue weighted by molar-refractivity contribution is 5.84. The highest BCUT2D eigenvalue weighted by Crippen LogP contribution is 2.52. The van der Waals surface area contributed by atoms with Gasteiger partial charge in [0, 0.05) is 25.6 Å². The van der Waals surface area contributed by atoms with Crippen molar-refractivity contribution in [2.24, 2.45) is 17.3 Å². The molecule has 1 atom stereocenters. The molecule has 0 aromatic carbocycles. The molecule has 2 heteroatoms. The van der Waals surface area contributed by atoms with E-state index in [0.29, 0.717) is 23.0 Å². The Hall–Kier alpha value is -0.370. The van der Waals surface area contributed by atoms with Gasteiger partial charge in [-0.1, -0.05) is 13.8 Å². The third-order valence-corrected chi connectivity index (χ3v) is 3.73. The summed E-state index contributed by atoms with van der Waals surface area (Å²) in [5, 5.41) is 0. The molecule has 80 valence electrons. The van der Waals surface area contributed by atoms with Crippen LogP contribution in [0.5, 0.6) is 0 Å². The first-order chi connectivity index (χ1) is 6.59. The van der Waals surface area contributed by atoms with Crippen molar-refractivity contribution in [3.8, 4) is 0 Å². The van der Waals surface area contributed by atoms with Crippen LogP contribution in [0.15, 0.2) is 0 Å². The topological polar surface area (TPSA) is 26.3 Å². The summed E-state index contributed by atoms with van der Waals surface area (Å²) in [5.41, 5.74) is 0.308. The smallest absolute Gasteiger partial charge is 0.136 e. The molecule has 1 heterocycles. The van der Waals surface area contributed by atoms with Crippen molar-refractivity contribution in [2.75, 3.05) is 13.2 Å². The maximum Gasteiger partial charge on any atom is 0.136 e. The van der Waals surface area contributed by atoms with Gasteiger partial charge in [-0.25, -0.2) is 0 Å². The van der Waals surface area contributed by atoms with Crippen molar-refractivity contribution in [1.29, 1.82) is 0 Å². The van der Waals surface area contributed by atoms with Crippen LogP contribution in [0.4, 0.5) is 0 Å². The zero-order valence-corrected chi connectivity index (χ0v) is 9.21. The quantitative estimate of drug-likeness (QED) is 0.693. The van der Waals surface area contributed by atoms with Crippen LogP contribution in [-0.4, -0.2) is 19.0 Å². The number of hydrogen-bond donors (Lipinski definition) is 0. The molecule has 1 saturated heterocycles. The molecule has 2 aliphatic rings. The molecule has 1 aliphatic carbocycles. The fourth-order valence-corrected chi connectivity index (χ4v) is 2.39. The van der Waals surface area contributed by atoms with Gasteiger partial charge in [-0.2, -0.15) is 0 Å². The van der Waals surface area contributed by atoms with Crippen LogP contribution in [-0.2, 0) is 9.53 Å². The fourth-order valence-electron chi connectivity index (χ4n) is 2.39. The van der Waals surface area contributed by atoms with Crippen LogP contribution < -0.4 is 0 Å². The fraction of sp³-hybridized carbons (Fsp3) is 0.917. The lowest BCUT2D eigenvalue weighted by atomic mass is 9.91. The molecule has 0 N–H and O–H groups in total. The standard InChI is InChI=1S/C12H20O2/c1-12(2)8-10(12)11(13)7-9-3-5-14-6-4-9/h9-10H,3-8H2,1-2H3. The molecule has 1 unspecified atom stereocenters. The summed E-state index contributed by atoms with van der Waals surface area (Å²) in [5.74, 6) is 1.47. The Balaban J connectivity index is 1.77. The minimum absolute atomic E-state index is 0.308. The van der Waals surface area contributed by atoms with E-state index >= 15 is 0 Å². The summed E-state index contributed by atoms with van der Waals surface area (Å²) in [4.78, 5) is 11.8. The Morgan fingerprint density at radius 2 is 1.93 bits per heavy atom. The Morgan fingerprint density at radius 3 is 2.43 bits per heavy atom. The van der Waals surface area contributed by atoms with Gasteiger partial charge in [0.15, 0.2) is 0 Å². The predicted octanol–water partition coefficient (Wildman–Crippen LogP) is 2.42. The monoisotopic (exact) mass is 196 g/mol. The highest BCUT2D eigenvalue weighted by atomic mass is 16.5. The summed E-state index contributed by atoms with van der Waals surface area (Å²) >= 11 is 0. The van der Waals surface area contributed by atoms with E-state index in [1.165, 1.54) is 0 Å². The second-order valence-electron chi connectivity index (χ2n) is 5.47. The van der Waals surface area contributed by atoms with Crippen LogP contribution in [0.1, 0.15) is 39.5 Å². The molecule has 0 bridgehead atoms. The molecule has 0 spiro atoms. The minimum atomic E-state index is 0.308. The van der Waals surface area contributed by atoms with Gasteiger partial charge in [-0.05, 0) is 30.6 Å². The summed E-state index contributed by atoms with van der Waals surface area (Å²) in [6.45, 7) is 6.09. The number of ketones is 1. The Morgan fingerprint density at radius 1 is 1.36 bits per heavy atom. The molecule has 14 heavy (non-hydrogen) atoms. The van der Waals surface area contributed by atoms with Gasteiger partial charge < -0.3 is 4.74 Å². The summed E-state index contributed by atoms with van der Waals surface area (Å²) in [6, 6.07) is 0. The Labute approximate surface area is 86.0 Å². The maximum absolute atomic E-state index is 11.8. The van der Waals surface area contributed by atoms with E-state index in [-0.39, 0.29) is 0 Å². The van der Waals surface area contributed by atoms with Crippen molar-refractivity contribution < 1.29 is 9.53 Å². The van der Waals surface area contributed by atoms with Gasteiger partial charge in [-0.3, -0.25) is 4.79 Å². The first kappa shape index (κ1) is 10.2. The number of rotatable bonds is 3. The van der Waals surface area contributed by atoms with E-state index in [2.05, 4.69) is 13.8 Å². The molecule has 0 aromatic heterocycles. The van der Waals surface area contributed by atoms with Crippen molar-refractivity contribution in [2.45, 2.75) is 39.5 Å². The zero-order chi connectivity index (χ0) is 10.2. The van der Waals surface area contributed by atoms with Gasteiger partial charge in [0.05, 0.1) is 0 Å². The van der Waals surface area contributed by atoms with E-state index in [1.807, 2.05) is 0 Å². The first-order valence-corrected chi connectivity index (χ1v) is 5.70. The van der Waals surface area contributed by atoms with E-state index in [1.54, 1.807) is 0 Å². The normalized spacial score (nSPS) is 31.4. The molecular weight excluding hydrogens is 176 g/mol. The Bertz CT molecular complexity index is 226. The first-order valence-electron chi connectivity index (χ1n) is 5.70. The highest BCUT2D eigenvalue weighted by Gasteiger charge is 2.50. The summed E-state index contributed by atoms with van der Waals surface area (Å²) in [6.07, 6.45) is 4.07. The average molecular weight is 196 g/mol. The summed E-state index contributed by atoms with van der Waals surface area (Å²) < 4.78 is 5.29. The lowest BCUT2D eigenvalue weighted by Crippen LogP contribution is -2.20. The molecule has 1 aliphatic heterocycles. The van der Waals surface area contributed by atoms with Crippen molar-refractivity contribution in [3.05, 3.63) is 0 Å². The van der Waals surface area contributed by atoms with Gasteiger partial charge >= 0.3 is 0 Å². The average Bonchev–Trinajstić information content (AvgIpc) is 2.77. The second kappa shape index (κ2) is 3.65. The van der Waals surface area contributed by atoms with Crippen molar-refractivity contribution in [1.82, 2.24) is 0 Å². The zero-order valence-electron chi connectivity index (χ0n) is 9.21. The largest absolute Gasteiger partial charge is 0.381 e. The van der Waals surface area contributed by atoms with Gasteiger partial charge in [-0.15, -0.1) is 0 Å². The lowest BCUT2D eigenvalue weighted by molar-refractivity contribution is -0.122. The maximum atomic E-state index is 11.8. The number of ether oxygens (including phenoxy) is 1. The molecule has 2 rings (SSSR count). The lowest BCUT2D eigenvalue weighted by Gasteiger charge is -2.21. The molecule has 2 fully saturated rings. The molecule has 0 amide bonds. The second-order valence-corrected chi connectivity index (χ2v) is 5.47. The molecule has 1 saturated carbocycles. The number of carbonyl (C=O) groups excluding carboxylic acids is 1. The third-order valence-electron chi connectivity index (χ3n) is 3.73. The molecule has 0 aromatic rings. The SMILES string of the molecule is CC1(C)CC1C(=O)CC1CCOCC1. The van der Waals surface area contributed by atoms with Gasteiger partial charge in [0.25, 0.3) is 0 Å². The number of carbonyl (C=O) groups is 1.